The van der Waals surface area contributed by atoms with Gasteiger partial charge < -0.3 is 5.73 Å². The summed E-state index contributed by atoms with van der Waals surface area (Å²) >= 11 is 0. The van der Waals surface area contributed by atoms with Gasteiger partial charge in [-0.15, -0.1) is 0 Å². The zero-order valence-corrected chi connectivity index (χ0v) is 11.5. The molecule has 1 aromatic carbocycles. The molecule has 18 heavy (non-hydrogen) atoms. The lowest BCUT2D eigenvalue weighted by atomic mass is 10.3. The second-order valence-corrected chi connectivity index (χ2v) is 7.08. The Morgan fingerprint density at radius 2 is 2.11 bits per heavy atom. The average Bonchev–Trinajstić information content (AvgIpc) is 2.32. The number of nitrogens with two attached hydrogens (primary N) is 1. The van der Waals surface area contributed by atoms with Crippen LogP contribution in [0.5, 0.6) is 0 Å². The number of nitrogen functional groups attached to an aromatic ring is 1. The minimum Gasteiger partial charge on any atom is -0.395 e. The molecule has 1 atom stereocenters. The van der Waals surface area contributed by atoms with E-state index in [1.807, 2.05) is 0 Å². The molecule has 0 heterocycles. The van der Waals surface area contributed by atoms with Crippen molar-refractivity contribution in [1.82, 2.24) is 4.72 Å². The van der Waals surface area contributed by atoms with Gasteiger partial charge in [-0.25, -0.2) is 17.5 Å². The monoisotopic (exact) mass is 294 g/mol. The third kappa shape index (κ3) is 3.76. The van der Waals surface area contributed by atoms with Crippen molar-refractivity contribution in [2.45, 2.75) is 11.8 Å². The highest BCUT2D eigenvalue weighted by molar-refractivity contribution is 7.89. The normalized spacial score (nSPS) is 13.4. The first-order chi connectivity index (χ1) is 8.38. The highest BCUT2D eigenvalue weighted by Crippen LogP contribution is 2.20. The first kappa shape index (κ1) is 15.1. The standard InChI is InChI=1S/C10H15FN2O3S2/c1-2-17(14)7-6-13-18(15,16)9-5-3-4-8(11)10(9)12/h3-5,13H,2,6-7,12H2,1H3. The van der Waals surface area contributed by atoms with Crippen LogP contribution < -0.4 is 10.5 Å². The van der Waals surface area contributed by atoms with Gasteiger partial charge in [0.25, 0.3) is 0 Å². The maximum atomic E-state index is 13.1. The minimum atomic E-state index is -3.87. The molecule has 0 saturated heterocycles. The van der Waals surface area contributed by atoms with E-state index >= 15 is 0 Å². The van der Waals surface area contributed by atoms with Crippen LogP contribution in [-0.2, 0) is 20.8 Å². The summed E-state index contributed by atoms with van der Waals surface area (Å²) < 4.78 is 50.2. The molecule has 0 fully saturated rings. The number of benzene rings is 1. The molecule has 1 aromatic rings. The van der Waals surface area contributed by atoms with E-state index in [0.29, 0.717) is 5.75 Å². The van der Waals surface area contributed by atoms with Gasteiger partial charge in [-0.05, 0) is 12.1 Å². The third-order valence-corrected chi connectivity index (χ3v) is 5.07. The van der Waals surface area contributed by atoms with Gasteiger partial charge >= 0.3 is 0 Å². The Bertz CT molecular complexity index is 546. The number of sulfonamides is 1. The molecular weight excluding hydrogens is 279 g/mol. The number of halogens is 1. The van der Waals surface area contributed by atoms with E-state index in [1.165, 1.54) is 12.1 Å². The van der Waals surface area contributed by atoms with Crippen LogP contribution in [0.25, 0.3) is 0 Å². The summed E-state index contributed by atoms with van der Waals surface area (Å²) in [5, 5.41) is 0. The van der Waals surface area contributed by atoms with Gasteiger partial charge in [0.1, 0.15) is 10.7 Å². The number of rotatable bonds is 6. The molecule has 0 amide bonds. The Balaban J connectivity index is 2.81. The Kier molecular flexibility index (Phi) is 5.24. The predicted molar refractivity (Wildman–Crippen MR) is 69.6 cm³/mol. The molecule has 3 N–H and O–H groups in total. The molecule has 0 spiro atoms. The number of hydrogen-bond donors (Lipinski definition) is 2. The summed E-state index contributed by atoms with van der Waals surface area (Å²) in [6.45, 7) is 1.77. The Morgan fingerprint density at radius 1 is 1.44 bits per heavy atom. The predicted octanol–water partition coefficient (Wildman–Crippen LogP) is 0.455. The first-order valence-corrected chi connectivity index (χ1v) is 8.24. The second-order valence-electron chi connectivity index (χ2n) is 3.48. The third-order valence-electron chi connectivity index (χ3n) is 2.25. The van der Waals surface area contributed by atoms with E-state index in [9.17, 15) is 17.0 Å². The van der Waals surface area contributed by atoms with Crippen LogP contribution in [-0.4, -0.2) is 30.7 Å². The van der Waals surface area contributed by atoms with E-state index in [2.05, 4.69) is 4.72 Å². The molecule has 0 aliphatic rings. The van der Waals surface area contributed by atoms with Crippen molar-refractivity contribution in [1.29, 1.82) is 0 Å². The zero-order valence-electron chi connectivity index (χ0n) is 9.85. The van der Waals surface area contributed by atoms with Gasteiger partial charge in [0, 0.05) is 28.9 Å². The summed E-state index contributed by atoms with van der Waals surface area (Å²) in [5.74, 6) is -0.107. The molecule has 0 bridgehead atoms. The SMILES string of the molecule is CCS(=O)CCNS(=O)(=O)c1cccc(F)c1N. The topological polar surface area (TPSA) is 89.3 Å². The lowest BCUT2D eigenvalue weighted by Crippen LogP contribution is -2.29. The fourth-order valence-corrected chi connectivity index (χ4v) is 3.18. The fourth-order valence-electron chi connectivity index (χ4n) is 1.26. The van der Waals surface area contributed by atoms with Crippen molar-refractivity contribution in [3.8, 4) is 0 Å². The highest BCUT2D eigenvalue weighted by Gasteiger charge is 2.18. The van der Waals surface area contributed by atoms with Crippen LogP contribution in [0.15, 0.2) is 23.1 Å². The van der Waals surface area contributed by atoms with Crippen molar-refractivity contribution < 1.29 is 17.0 Å². The molecule has 0 aliphatic heterocycles. The zero-order chi connectivity index (χ0) is 13.8. The van der Waals surface area contributed by atoms with Crippen LogP contribution in [0.1, 0.15) is 6.92 Å². The van der Waals surface area contributed by atoms with Gasteiger partial charge in [0.2, 0.25) is 10.0 Å². The molecule has 1 unspecified atom stereocenters. The van der Waals surface area contributed by atoms with Crippen LogP contribution in [0.3, 0.4) is 0 Å². The van der Waals surface area contributed by atoms with Gasteiger partial charge in [-0.3, -0.25) is 4.21 Å². The average molecular weight is 294 g/mol. The van der Waals surface area contributed by atoms with Crippen LogP contribution in [0, 0.1) is 5.82 Å². The fraction of sp³-hybridized carbons (Fsp3) is 0.400. The van der Waals surface area contributed by atoms with E-state index in [0.717, 1.165) is 6.07 Å². The van der Waals surface area contributed by atoms with E-state index in [4.69, 9.17) is 5.73 Å². The maximum absolute atomic E-state index is 13.1. The molecule has 0 saturated carbocycles. The van der Waals surface area contributed by atoms with Gasteiger partial charge in [-0.1, -0.05) is 13.0 Å². The Labute approximate surface area is 108 Å². The van der Waals surface area contributed by atoms with Crippen LogP contribution >= 0.6 is 0 Å². The molecule has 5 nitrogen and oxygen atoms in total. The summed E-state index contributed by atoms with van der Waals surface area (Å²) in [7, 11) is -4.93. The van der Waals surface area contributed by atoms with Gasteiger partial charge in [-0.2, -0.15) is 0 Å². The number of anilines is 1. The van der Waals surface area contributed by atoms with E-state index in [1.54, 1.807) is 6.92 Å². The van der Waals surface area contributed by atoms with Crippen molar-refractivity contribution in [2.24, 2.45) is 0 Å². The van der Waals surface area contributed by atoms with E-state index < -0.39 is 32.3 Å². The number of para-hydroxylation sites is 1. The van der Waals surface area contributed by atoms with Crippen molar-refractivity contribution >= 4 is 26.5 Å². The lowest BCUT2D eigenvalue weighted by Gasteiger charge is -2.09. The van der Waals surface area contributed by atoms with Crippen LogP contribution in [0.4, 0.5) is 10.1 Å². The van der Waals surface area contributed by atoms with Gasteiger partial charge in [0.15, 0.2) is 0 Å². The molecule has 102 valence electrons. The molecule has 0 aromatic heterocycles. The minimum absolute atomic E-state index is 0.0265. The first-order valence-electron chi connectivity index (χ1n) is 5.27. The lowest BCUT2D eigenvalue weighted by molar-refractivity contribution is 0.581. The summed E-state index contributed by atoms with van der Waals surface area (Å²) in [5.41, 5.74) is 4.96. The summed E-state index contributed by atoms with van der Waals surface area (Å²) in [4.78, 5) is -0.301. The maximum Gasteiger partial charge on any atom is 0.242 e. The molecular formula is C10H15FN2O3S2. The molecule has 1 rings (SSSR count). The number of hydrogen-bond acceptors (Lipinski definition) is 4. The second kappa shape index (κ2) is 6.26. The Hall–Kier alpha value is -0.990. The number of nitrogens with one attached hydrogen (secondary N) is 1. The van der Waals surface area contributed by atoms with E-state index in [-0.39, 0.29) is 17.2 Å². The smallest absolute Gasteiger partial charge is 0.242 e. The van der Waals surface area contributed by atoms with Crippen molar-refractivity contribution in [2.75, 3.05) is 23.8 Å². The molecule has 0 aliphatic carbocycles. The molecule has 0 radical (unpaired) electrons. The van der Waals surface area contributed by atoms with Gasteiger partial charge in [0.05, 0.1) is 5.69 Å². The van der Waals surface area contributed by atoms with Crippen molar-refractivity contribution in [3.05, 3.63) is 24.0 Å². The summed E-state index contributed by atoms with van der Waals surface area (Å²) in [6.07, 6.45) is 0. The largest absolute Gasteiger partial charge is 0.395 e. The quantitative estimate of drug-likeness (QED) is 0.746. The molecule has 8 heteroatoms. The van der Waals surface area contributed by atoms with Crippen LogP contribution in [0.2, 0.25) is 0 Å². The highest BCUT2D eigenvalue weighted by atomic mass is 32.2. The Morgan fingerprint density at radius 3 is 2.72 bits per heavy atom. The summed E-state index contributed by atoms with van der Waals surface area (Å²) in [6, 6.07) is 3.57. The van der Waals surface area contributed by atoms with Crippen molar-refractivity contribution in [3.63, 3.8) is 0 Å².